The lowest BCUT2D eigenvalue weighted by molar-refractivity contribution is 0.0885. The molecule has 2 aromatic rings. The van der Waals surface area contributed by atoms with Crippen LogP contribution in [0, 0.1) is 12.3 Å². The van der Waals surface area contributed by atoms with Crippen molar-refractivity contribution in [3.8, 4) is 11.5 Å². The van der Waals surface area contributed by atoms with Gasteiger partial charge in [-0.25, -0.2) is 0 Å². The highest BCUT2D eigenvalue weighted by Crippen LogP contribution is 2.43. The molecule has 0 saturated heterocycles. The molecular weight excluding hydrogens is 358 g/mol. The quantitative estimate of drug-likeness (QED) is 0.792. The normalized spacial score (nSPS) is 17.7. The molecule has 0 aliphatic heterocycles. The molecule has 1 aromatic carbocycles. The van der Waals surface area contributed by atoms with Crippen LogP contribution in [0.5, 0.6) is 11.5 Å². The second kappa shape index (κ2) is 7.87. The number of ether oxygens (including phenoxy) is 2. The molecule has 1 amide bonds. The van der Waals surface area contributed by atoms with Crippen LogP contribution >= 0.6 is 0 Å². The fourth-order valence-corrected chi connectivity index (χ4v) is 3.94. The van der Waals surface area contributed by atoms with Crippen molar-refractivity contribution in [2.45, 2.75) is 46.1 Å². The largest absolute Gasteiger partial charge is 0.493 e. The van der Waals surface area contributed by atoms with E-state index in [4.69, 9.17) is 13.9 Å². The number of amides is 1. The first-order valence-electron chi connectivity index (χ1n) is 9.55. The van der Waals surface area contributed by atoms with Gasteiger partial charge in [-0.05, 0) is 42.9 Å². The molecular formula is C22H29NO5. The first-order chi connectivity index (χ1) is 13.3. The highest BCUT2D eigenvalue weighted by Gasteiger charge is 2.37. The Balaban J connectivity index is 1.66. The van der Waals surface area contributed by atoms with Gasteiger partial charge in [-0.3, -0.25) is 4.79 Å². The summed E-state index contributed by atoms with van der Waals surface area (Å²) in [5.74, 6) is 2.11. The molecule has 0 spiro atoms. The molecule has 3 rings (SSSR count). The average molecular weight is 387 g/mol. The van der Waals surface area contributed by atoms with Crippen LogP contribution in [-0.4, -0.2) is 31.8 Å². The standard InChI is InChI=1S/C22H29NO5/c1-13-19-15(24)11-22(2,3)12-18(19)28-20(13)21(25)23-9-8-14-6-7-16(26-4)17(10-14)27-5/h6-7,10,15,24H,8-9,11-12H2,1-5H3,(H,23,25)/t15-/m0/s1. The van der Waals surface area contributed by atoms with Crippen molar-refractivity contribution in [1.82, 2.24) is 5.32 Å². The van der Waals surface area contributed by atoms with Gasteiger partial charge in [0.25, 0.3) is 5.91 Å². The Kier molecular flexibility index (Phi) is 5.70. The van der Waals surface area contributed by atoms with Crippen molar-refractivity contribution in [3.05, 3.63) is 46.4 Å². The minimum Gasteiger partial charge on any atom is -0.493 e. The SMILES string of the molecule is COc1ccc(CCNC(=O)c2oc3c(c2C)[C@@H](O)CC(C)(C)C3)cc1OC. The monoisotopic (exact) mass is 387 g/mol. The van der Waals surface area contributed by atoms with Crippen molar-refractivity contribution in [3.63, 3.8) is 0 Å². The number of aliphatic hydroxyl groups is 1. The number of hydrogen-bond donors (Lipinski definition) is 2. The number of nitrogens with one attached hydrogen (secondary N) is 1. The Labute approximate surface area is 165 Å². The lowest BCUT2D eigenvalue weighted by atomic mass is 9.75. The maximum absolute atomic E-state index is 12.6. The van der Waals surface area contributed by atoms with Gasteiger partial charge in [0.05, 0.1) is 20.3 Å². The fourth-order valence-electron chi connectivity index (χ4n) is 3.94. The van der Waals surface area contributed by atoms with Crippen LogP contribution in [0.1, 0.15) is 59.4 Å². The number of hydrogen-bond acceptors (Lipinski definition) is 5. The zero-order valence-corrected chi connectivity index (χ0v) is 17.2. The molecule has 1 atom stereocenters. The van der Waals surface area contributed by atoms with Gasteiger partial charge in [0.1, 0.15) is 5.76 Å². The number of carbonyl (C=O) groups is 1. The molecule has 1 heterocycles. The molecule has 0 saturated carbocycles. The second-order valence-corrected chi connectivity index (χ2v) is 8.15. The Hall–Kier alpha value is -2.47. The number of benzene rings is 1. The maximum Gasteiger partial charge on any atom is 0.287 e. The third kappa shape index (κ3) is 4.02. The number of rotatable bonds is 6. The van der Waals surface area contributed by atoms with E-state index in [0.717, 1.165) is 28.9 Å². The number of aliphatic hydroxyl groups excluding tert-OH is 1. The number of carbonyl (C=O) groups excluding carboxylic acids is 1. The van der Waals surface area contributed by atoms with Gasteiger partial charge in [0.2, 0.25) is 0 Å². The molecule has 28 heavy (non-hydrogen) atoms. The van der Waals surface area contributed by atoms with E-state index in [2.05, 4.69) is 19.2 Å². The zero-order chi connectivity index (χ0) is 20.5. The highest BCUT2D eigenvalue weighted by atomic mass is 16.5. The van der Waals surface area contributed by atoms with Gasteiger partial charge < -0.3 is 24.3 Å². The predicted octanol–water partition coefficient (Wildman–Crippen LogP) is 3.58. The minimum atomic E-state index is -0.587. The van der Waals surface area contributed by atoms with Gasteiger partial charge in [-0.1, -0.05) is 19.9 Å². The Morgan fingerprint density at radius 2 is 2.00 bits per heavy atom. The third-order valence-corrected chi connectivity index (χ3v) is 5.34. The van der Waals surface area contributed by atoms with Gasteiger partial charge in [-0.2, -0.15) is 0 Å². The van der Waals surface area contributed by atoms with E-state index in [1.807, 2.05) is 25.1 Å². The Bertz CT molecular complexity index is 868. The van der Waals surface area contributed by atoms with Crippen LogP contribution in [0.2, 0.25) is 0 Å². The van der Waals surface area contributed by atoms with E-state index in [1.54, 1.807) is 14.2 Å². The van der Waals surface area contributed by atoms with E-state index < -0.39 is 6.10 Å². The summed E-state index contributed by atoms with van der Waals surface area (Å²) in [6.45, 7) is 6.50. The van der Waals surface area contributed by atoms with E-state index in [-0.39, 0.29) is 11.3 Å². The van der Waals surface area contributed by atoms with Gasteiger partial charge in [0, 0.05) is 24.1 Å². The topological polar surface area (TPSA) is 80.9 Å². The molecule has 1 aliphatic rings. The van der Waals surface area contributed by atoms with Crippen molar-refractivity contribution < 1.29 is 23.8 Å². The minimum absolute atomic E-state index is 0.0438. The Morgan fingerprint density at radius 3 is 2.68 bits per heavy atom. The molecule has 0 bridgehead atoms. The summed E-state index contributed by atoms with van der Waals surface area (Å²) in [4.78, 5) is 12.6. The average Bonchev–Trinajstić information content (AvgIpc) is 2.96. The van der Waals surface area contributed by atoms with Crippen molar-refractivity contribution in [2.75, 3.05) is 20.8 Å². The molecule has 0 radical (unpaired) electrons. The summed E-state index contributed by atoms with van der Waals surface area (Å²) in [6, 6.07) is 5.70. The zero-order valence-electron chi connectivity index (χ0n) is 17.2. The Morgan fingerprint density at radius 1 is 1.29 bits per heavy atom. The summed E-state index contributed by atoms with van der Waals surface area (Å²) in [6.07, 6.45) is 1.46. The maximum atomic E-state index is 12.6. The second-order valence-electron chi connectivity index (χ2n) is 8.15. The summed E-state index contributed by atoms with van der Waals surface area (Å²) in [5, 5.41) is 13.4. The van der Waals surface area contributed by atoms with Crippen LogP contribution in [0.15, 0.2) is 22.6 Å². The lowest BCUT2D eigenvalue weighted by Crippen LogP contribution is -2.26. The predicted molar refractivity (Wildman–Crippen MR) is 106 cm³/mol. The van der Waals surface area contributed by atoms with Crippen molar-refractivity contribution in [2.24, 2.45) is 5.41 Å². The van der Waals surface area contributed by atoms with E-state index >= 15 is 0 Å². The summed E-state index contributed by atoms with van der Waals surface area (Å²) in [5.41, 5.74) is 2.51. The molecule has 6 heteroatoms. The smallest absolute Gasteiger partial charge is 0.287 e. The molecule has 152 valence electrons. The summed E-state index contributed by atoms with van der Waals surface area (Å²) in [7, 11) is 3.20. The highest BCUT2D eigenvalue weighted by molar-refractivity contribution is 5.93. The van der Waals surface area contributed by atoms with E-state index in [9.17, 15) is 9.90 Å². The molecule has 0 unspecified atom stereocenters. The van der Waals surface area contributed by atoms with Crippen LogP contribution in [0.4, 0.5) is 0 Å². The number of methoxy groups -OCH3 is 2. The summed E-state index contributed by atoms with van der Waals surface area (Å²) < 4.78 is 16.4. The molecule has 1 aliphatic carbocycles. The summed E-state index contributed by atoms with van der Waals surface area (Å²) >= 11 is 0. The van der Waals surface area contributed by atoms with Crippen LogP contribution in [-0.2, 0) is 12.8 Å². The number of furan rings is 1. The molecule has 6 nitrogen and oxygen atoms in total. The van der Waals surface area contributed by atoms with Crippen LogP contribution in [0.3, 0.4) is 0 Å². The first kappa shape index (κ1) is 20.3. The molecule has 1 aromatic heterocycles. The lowest BCUT2D eigenvalue weighted by Gasteiger charge is -2.31. The van der Waals surface area contributed by atoms with E-state index in [1.165, 1.54) is 0 Å². The van der Waals surface area contributed by atoms with Crippen molar-refractivity contribution in [1.29, 1.82) is 0 Å². The van der Waals surface area contributed by atoms with Crippen LogP contribution < -0.4 is 14.8 Å². The first-order valence-corrected chi connectivity index (χ1v) is 9.55. The third-order valence-electron chi connectivity index (χ3n) is 5.34. The van der Waals surface area contributed by atoms with Gasteiger partial charge in [-0.15, -0.1) is 0 Å². The van der Waals surface area contributed by atoms with Crippen molar-refractivity contribution >= 4 is 5.91 Å². The number of fused-ring (bicyclic) bond motifs is 1. The molecule has 2 N–H and O–H groups in total. The van der Waals surface area contributed by atoms with Gasteiger partial charge >= 0.3 is 0 Å². The van der Waals surface area contributed by atoms with E-state index in [0.29, 0.717) is 36.6 Å². The molecule has 0 fully saturated rings. The fraction of sp³-hybridized carbons (Fsp3) is 0.500. The van der Waals surface area contributed by atoms with Crippen LogP contribution in [0.25, 0.3) is 0 Å². The van der Waals surface area contributed by atoms with Gasteiger partial charge in [0.15, 0.2) is 17.3 Å².